The highest BCUT2D eigenvalue weighted by Crippen LogP contribution is 2.39. The van der Waals surface area contributed by atoms with E-state index in [0.29, 0.717) is 22.3 Å². The minimum absolute atomic E-state index is 0.0848. The Balaban J connectivity index is 0.00000126. The van der Waals surface area contributed by atoms with E-state index < -0.39 is 52.9 Å². The molecular formula is C30H36Cl2F5N5O7S. The van der Waals surface area contributed by atoms with Crippen LogP contribution in [0.5, 0.6) is 5.75 Å². The summed E-state index contributed by atoms with van der Waals surface area (Å²) in [6.07, 6.45) is -7.09. The van der Waals surface area contributed by atoms with E-state index in [1.807, 2.05) is 0 Å². The smallest absolute Gasteiger partial charge is 0.394 e. The van der Waals surface area contributed by atoms with Gasteiger partial charge >= 0.3 is 16.6 Å². The number of nitrogens with zero attached hydrogens (tertiary/aromatic N) is 2. The number of halogens is 7. The molecule has 5 N–H and O–H groups in total. The maximum Gasteiger partial charge on any atom is 0.394 e. The zero-order valence-electron chi connectivity index (χ0n) is 27.2. The molecule has 0 radical (unpaired) electrons. The van der Waals surface area contributed by atoms with Crippen LogP contribution >= 0.6 is 23.2 Å². The van der Waals surface area contributed by atoms with Crippen molar-refractivity contribution in [1.29, 1.82) is 0 Å². The largest absolute Gasteiger partial charge is 0.487 e. The van der Waals surface area contributed by atoms with Crippen molar-refractivity contribution in [3.63, 3.8) is 0 Å². The molecular weight excluding hydrogens is 740 g/mol. The molecule has 20 heteroatoms. The molecule has 0 spiro atoms. The molecule has 2 aromatic carbocycles. The van der Waals surface area contributed by atoms with E-state index in [4.69, 9.17) is 45.5 Å². The molecule has 3 aromatic rings. The molecule has 1 aliphatic rings. The Kier molecular flexibility index (Phi) is 13.3. The van der Waals surface area contributed by atoms with Gasteiger partial charge in [0.1, 0.15) is 12.4 Å². The minimum Gasteiger partial charge on any atom is -0.487 e. The fraction of sp³-hybridized carbons (Fsp3) is 0.500. The first-order valence-corrected chi connectivity index (χ1v) is 17.1. The highest BCUT2D eigenvalue weighted by molar-refractivity contribution is 7.79. The molecule has 50 heavy (non-hydrogen) atoms. The Bertz CT molecular complexity index is 1800. The molecule has 1 saturated carbocycles. The molecule has 278 valence electrons. The van der Waals surface area contributed by atoms with Crippen molar-refractivity contribution in [2.24, 2.45) is 18.4 Å². The van der Waals surface area contributed by atoms with Crippen LogP contribution in [0.3, 0.4) is 0 Å². The van der Waals surface area contributed by atoms with Gasteiger partial charge < -0.3 is 25.3 Å². The van der Waals surface area contributed by atoms with Crippen LogP contribution in [0.1, 0.15) is 62.4 Å². The number of imidazole rings is 1. The van der Waals surface area contributed by atoms with Gasteiger partial charge in [0.05, 0.1) is 38.2 Å². The number of fused-ring (bicyclic) bond motifs is 1. The first kappa shape index (κ1) is 41.0. The molecule has 12 nitrogen and oxygen atoms in total. The van der Waals surface area contributed by atoms with Crippen molar-refractivity contribution < 1.29 is 53.8 Å². The minimum atomic E-state index is -4.67. The predicted molar refractivity (Wildman–Crippen MR) is 177 cm³/mol. The Hall–Kier alpha value is -3.45. The topological polar surface area (TPSA) is 172 Å². The van der Waals surface area contributed by atoms with Gasteiger partial charge in [0, 0.05) is 31.1 Å². The van der Waals surface area contributed by atoms with Crippen LogP contribution in [0, 0.1) is 11.3 Å². The van der Waals surface area contributed by atoms with Gasteiger partial charge in [-0.1, -0.05) is 50.0 Å². The fourth-order valence-corrected chi connectivity index (χ4v) is 5.54. The summed E-state index contributed by atoms with van der Waals surface area (Å²) >= 11 is 13.1. The number of aryl methyl sites for hydroxylation is 1. The summed E-state index contributed by atoms with van der Waals surface area (Å²) < 4.78 is 104. The number of amides is 2. The van der Waals surface area contributed by atoms with Gasteiger partial charge in [-0.05, 0) is 43.4 Å². The third kappa shape index (κ3) is 11.5. The quantitative estimate of drug-likeness (QED) is 0.112. The second-order valence-corrected chi connectivity index (χ2v) is 14.2. The molecule has 1 fully saturated rings. The van der Waals surface area contributed by atoms with Crippen molar-refractivity contribution >= 4 is 68.1 Å². The van der Waals surface area contributed by atoms with E-state index in [1.54, 1.807) is 44.5 Å². The average Bonchev–Trinajstić information content (AvgIpc) is 3.29. The lowest BCUT2D eigenvalue weighted by Gasteiger charge is -2.30. The zero-order valence-corrected chi connectivity index (χ0v) is 29.5. The summed E-state index contributed by atoms with van der Waals surface area (Å²) in [7, 11) is -3.03. The summed E-state index contributed by atoms with van der Waals surface area (Å²) in [4.78, 5) is 30.2. The van der Waals surface area contributed by atoms with E-state index in [-0.39, 0.29) is 65.4 Å². The fourth-order valence-electron chi connectivity index (χ4n) is 5.01. The number of rotatable bonds is 9. The number of aromatic nitrogens is 2. The third-order valence-corrected chi connectivity index (χ3v) is 8.39. The van der Waals surface area contributed by atoms with Crippen LogP contribution in [-0.4, -0.2) is 64.1 Å². The predicted octanol–water partition coefficient (Wildman–Crippen LogP) is 7.13. The molecule has 0 bridgehead atoms. The number of anilines is 2. The zero-order chi connectivity index (χ0) is 37.8. The maximum absolute atomic E-state index is 13.3. The number of alkyl halides is 5. The van der Waals surface area contributed by atoms with E-state index in [2.05, 4.69) is 20.9 Å². The SMILES string of the molecule is Cn1c(Nc2c(Cl)ccc(CNC(=O)C(C)(C)C)c2Cl)nc2cc(C(=O)NC3CCC(C(F)(F)F)CC3)c(OCC(F)F)cc21.O=S(=O)(O)O. The average molecular weight is 777 g/mol. The standard InChI is InChI=1S/C30H34Cl2F5N5O3.H2O4S/c1-29(2,3)27(44)38-13-15-5-10-19(31)25(24(15)32)41-28-40-20-11-18(22(45-14-23(33)34)12-21(20)42(28)4)26(43)39-17-8-6-16(7-9-17)30(35,36)37;1-5(2,3)4/h5,10-12,16-17,23H,6-9,13-14H2,1-4H3,(H,38,44)(H,39,43)(H,40,41);(H2,1,2,3,4). The number of carbonyl (C=O) groups excluding carboxylic acids is 2. The Morgan fingerprint density at radius 1 is 1.08 bits per heavy atom. The van der Waals surface area contributed by atoms with Crippen LogP contribution in [-0.2, 0) is 28.8 Å². The Labute approximate surface area is 294 Å². The van der Waals surface area contributed by atoms with E-state index in [9.17, 15) is 31.5 Å². The summed E-state index contributed by atoms with van der Waals surface area (Å²) in [5, 5.41) is 9.14. The second-order valence-electron chi connectivity index (χ2n) is 12.5. The normalized spacial score (nSPS) is 16.8. The van der Waals surface area contributed by atoms with Gasteiger partial charge in [0.25, 0.3) is 12.3 Å². The van der Waals surface area contributed by atoms with Crippen molar-refractivity contribution in [3.8, 4) is 5.75 Å². The number of nitrogens with one attached hydrogen (secondary N) is 3. The van der Waals surface area contributed by atoms with Crippen LogP contribution in [0.15, 0.2) is 24.3 Å². The summed E-state index contributed by atoms with van der Waals surface area (Å²) in [6.45, 7) is 4.52. The number of ether oxygens (including phenoxy) is 1. The highest BCUT2D eigenvalue weighted by Gasteiger charge is 2.41. The van der Waals surface area contributed by atoms with Crippen molar-refractivity contribution in [2.75, 3.05) is 11.9 Å². The maximum atomic E-state index is 13.3. The molecule has 0 atom stereocenters. The Morgan fingerprint density at radius 3 is 2.22 bits per heavy atom. The molecule has 4 rings (SSSR count). The Morgan fingerprint density at radius 2 is 1.68 bits per heavy atom. The number of hydrogen-bond donors (Lipinski definition) is 5. The second kappa shape index (κ2) is 16.3. The summed E-state index contributed by atoms with van der Waals surface area (Å²) in [6, 6.07) is 5.55. The van der Waals surface area contributed by atoms with Crippen LogP contribution in [0.2, 0.25) is 10.0 Å². The van der Waals surface area contributed by atoms with E-state index in [0.717, 1.165) is 0 Å². The lowest BCUT2D eigenvalue weighted by Crippen LogP contribution is -2.40. The summed E-state index contributed by atoms with van der Waals surface area (Å²) in [5.41, 5.74) is 0.930. The summed E-state index contributed by atoms with van der Waals surface area (Å²) in [5.74, 6) is -2.15. The van der Waals surface area contributed by atoms with Crippen molar-refractivity contribution in [3.05, 3.63) is 45.4 Å². The van der Waals surface area contributed by atoms with Crippen molar-refractivity contribution in [1.82, 2.24) is 20.2 Å². The molecule has 1 aromatic heterocycles. The molecule has 0 saturated heterocycles. The van der Waals surface area contributed by atoms with E-state index >= 15 is 0 Å². The van der Waals surface area contributed by atoms with Gasteiger partial charge in [-0.3, -0.25) is 18.7 Å². The van der Waals surface area contributed by atoms with Crippen LogP contribution in [0.25, 0.3) is 11.0 Å². The number of benzene rings is 2. The van der Waals surface area contributed by atoms with Crippen molar-refractivity contribution in [2.45, 2.75) is 71.6 Å². The van der Waals surface area contributed by atoms with Gasteiger partial charge in [0.15, 0.2) is 0 Å². The molecule has 2 amide bonds. The van der Waals surface area contributed by atoms with Crippen LogP contribution in [0.4, 0.5) is 33.6 Å². The molecule has 0 aliphatic heterocycles. The van der Waals surface area contributed by atoms with Gasteiger partial charge in [-0.2, -0.15) is 21.6 Å². The lowest BCUT2D eigenvalue weighted by atomic mass is 9.85. The van der Waals surface area contributed by atoms with Gasteiger partial charge in [-0.25, -0.2) is 13.8 Å². The molecule has 1 heterocycles. The van der Waals surface area contributed by atoms with Crippen LogP contribution < -0.4 is 20.7 Å². The highest BCUT2D eigenvalue weighted by atomic mass is 35.5. The monoisotopic (exact) mass is 775 g/mol. The van der Waals surface area contributed by atoms with Gasteiger partial charge in [0.2, 0.25) is 11.9 Å². The van der Waals surface area contributed by atoms with E-state index in [1.165, 1.54) is 12.1 Å². The first-order chi connectivity index (χ1) is 23.0. The van der Waals surface area contributed by atoms with Gasteiger partial charge in [-0.15, -0.1) is 0 Å². The molecule has 0 unspecified atom stereocenters. The molecule has 1 aliphatic carbocycles. The number of carbonyl (C=O) groups is 2. The lowest BCUT2D eigenvalue weighted by molar-refractivity contribution is -0.182. The third-order valence-electron chi connectivity index (χ3n) is 7.65. The first-order valence-electron chi connectivity index (χ1n) is 15.0. The number of hydrogen-bond acceptors (Lipinski definition) is 7.